The van der Waals surface area contributed by atoms with Crippen molar-refractivity contribution in [1.29, 1.82) is 0 Å². The highest BCUT2D eigenvalue weighted by Crippen LogP contribution is 2.38. The van der Waals surface area contributed by atoms with Gasteiger partial charge in [-0.25, -0.2) is 9.97 Å². The predicted octanol–water partition coefficient (Wildman–Crippen LogP) is 5.89. The number of aryl methyl sites for hydroxylation is 1. The summed E-state index contributed by atoms with van der Waals surface area (Å²) in [5.41, 5.74) is 2.90. The maximum absolute atomic E-state index is 12.3. The number of Topliss-reactive ketones (excluding diaryl/α,β-unsaturated/α-hetero) is 1. The molecule has 1 unspecified atom stereocenters. The second-order valence-corrected chi connectivity index (χ2v) is 8.70. The molecule has 0 amide bonds. The van der Waals surface area contributed by atoms with Crippen molar-refractivity contribution in [3.8, 4) is 11.4 Å². The molecule has 4 nitrogen and oxygen atoms in total. The van der Waals surface area contributed by atoms with E-state index in [0.717, 1.165) is 61.5 Å². The summed E-state index contributed by atoms with van der Waals surface area (Å²) in [5.74, 6) is 1.73. The van der Waals surface area contributed by atoms with Crippen LogP contribution in [0.25, 0.3) is 11.4 Å². The number of alkyl halides is 1. The summed E-state index contributed by atoms with van der Waals surface area (Å²) in [4.78, 5) is 32.5. The van der Waals surface area contributed by atoms with Gasteiger partial charge in [-0.3, -0.25) is 9.18 Å². The van der Waals surface area contributed by atoms with Gasteiger partial charge in [0, 0.05) is 36.7 Å². The lowest BCUT2D eigenvalue weighted by atomic mass is 9.73. The van der Waals surface area contributed by atoms with Crippen molar-refractivity contribution >= 4 is 12.1 Å². The molecule has 0 bridgehead atoms. The van der Waals surface area contributed by atoms with E-state index in [1.165, 1.54) is 0 Å². The Morgan fingerprint density at radius 3 is 2.39 bits per heavy atom. The van der Waals surface area contributed by atoms with Crippen molar-refractivity contribution < 1.29 is 14.0 Å². The second-order valence-electron chi connectivity index (χ2n) is 8.70. The van der Waals surface area contributed by atoms with Gasteiger partial charge < -0.3 is 4.79 Å². The number of carbonyl (C=O) groups excluding carboxylic acids is 2. The van der Waals surface area contributed by atoms with E-state index in [2.05, 4.69) is 9.97 Å². The summed E-state index contributed by atoms with van der Waals surface area (Å²) >= 11 is 0. The molecule has 31 heavy (non-hydrogen) atoms. The zero-order valence-corrected chi connectivity index (χ0v) is 18.4. The van der Waals surface area contributed by atoms with Gasteiger partial charge in [-0.15, -0.1) is 0 Å². The third kappa shape index (κ3) is 6.52. The van der Waals surface area contributed by atoms with Gasteiger partial charge in [0.05, 0.1) is 6.67 Å². The smallest absolute Gasteiger partial charge is 0.159 e. The van der Waals surface area contributed by atoms with Crippen LogP contribution in [0.3, 0.4) is 0 Å². The van der Waals surface area contributed by atoms with Gasteiger partial charge >= 0.3 is 0 Å². The van der Waals surface area contributed by atoms with Crippen LogP contribution in [-0.2, 0) is 16.0 Å². The third-order valence-corrected chi connectivity index (χ3v) is 6.64. The SMILES string of the molecule is CCC(=O)CCC1CCC(C(C=O)c2cnc(-c3ccc(CCCF)cc3)nc2)CC1. The lowest BCUT2D eigenvalue weighted by Crippen LogP contribution is -2.22. The van der Waals surface area contributed by atoms with Gasteiger partial charge in [-0.2, -0.15) is 0 Å². The molecule has 1 fully saturated rings. The Labute approximate surface area is 184 Å². The zero-order chi connectivity index (χ0) is 22.1. The van der Waals surface area contributed by atoms with Crippen molar-refractivity contribution in [3.05, 3.63) is 47.8 Å². The van der Waals surface area contributed by atoms with Gasteiger partial charge in [-0.1, -0.05) is 44.0 Å². The molecule has 1 saturated carbocycles. The number of benzene rings is 1. The molecule has 0 aliphatic heterocycles. The molecule has 1 aromatic heterocycles. The Kier molecular flexibility index (Phi) is 8.86. The maximum atomic E-state index is 12.3. The van der Waals surface area contributed by atoms with E-state index >= 15 is 0 Å². The fraction of sp³-hybridized carbons (Fsp3) is 0.538. The molecule has 3 rings (SSSR count). The Hall–Kier alpha value is -2.43. The highest BCUT2D eigenvalue weighted by Gasteiger charge is 2.29. The van der Waals surface area contributed by atoms with Crippen LogP contribution in [0.1, 0.15) is 75.3 Å². The minimum absolute atomic E-state index is 0.171. The van der Waals surface area contributed by atoms with Crippen LogP contribution >= 0.6 is 0 Å². The van der Waals surface area contributed by atoms with E-state index < -0.39 is 0 Å². The summed E-state index contributed by atoms with van der Waals surface area (Å²) in [5, 5.41) is 0. The minimum atomic E-state index is -0.301. The molecular formula is C26H33FN2O2. The molecule has 0 N–H and O–H groups in total. The molecule has 1 aromatic carbocycles. The van der Waals surface area contributed by atoms with Crippen molar-refractivity contribution in [2.75, 3.05) is 6.67 Å². The Balaban J connectivity index is 1.58. The summed E-state index contributed by atoms with van der Waals surface area (Å²) in [6.07, 6.45) is 12.4. The van der Waals surface area contributed by atoms with E-state index in [-0.39, 0.29) is 12.6 Å². The molecule has 0 radical (unpaired) electrons. The predicted molar refractivity (Wildman–Crippen MR) is 121 cm³/mol. The van der Waals surface area contributed by atoms with Gasteiger partial charge in [0.1, 0.15) is 12.1 Å². The third-order valence-electron chi connectivity index (χ3n) is 6.64. The molecule has 1 atom stereocenters. The molecule has 1 aliphatic carbocycles. The summed E-state index contributed by atoms with van der Waals surface area (Å²) in [6, 6.07) is 7.90. The standard InChI is InChI=1S/C26H33FN2O2/c1-2-24(31)14-9-20-5-10-21(11-6-20)25(18-30)23-16-28-26(29-17-23)22-12-7-19(8-13-22)4-3-15-27/h7-8,12-13,16-18,20-21,25H,2-6,9-11,14-15H2,1H3. The van der Waals surface area contributed by atoms with Gasteiger partial charge in [0.2, 0.25) is 0 Å². The average molecular weight is 425 g/mol. The van der Waals surface area contributed by atoms with E-state index in [4.69, 9.17) is 0 Å². The monoisotopic (exact) mass is 424 g/mol. The normalized spacial score (nSPS) is 19.7. The maximum Gasteiger partial charge on any atom is 0.159 e. The van der Waals surface area contributed by atoms with Gasteiger partial charge in [-0.05, 0) is 55.1 Å². The van der Waals surface area contributed by atoms with Crippen LogP contribution in [-0.4, -0.2) is 28.7 Å². The van der Waals surface area contributed by atoms with Crippen LogP contribution < -0.4 is 0 Å². The molecule has 1 heterocycles. The molecule has 1 aliphatic rings. The highest BCUT2D eigenvalue weighted by molar-refractivity contribution is 5.77. The number of hydrogen-bond donors (Lipinski definition) is 0. The van der Waals surface area contributed by atoms with E-state index in [0.29, 0.717) is 42.7 Å². The molecular weight excluding hydrogens is 391 g/mol. The molecule has 5 heteroatoms. The van der Waals surface area contributed by atoms with Crippen molar-refractivity contribution in [2.24, 2.45) is 11.8 Å². The van der Waals surface area contributed by atoms with Crippen molar-refractivity contribution in [1.82, 2.24) is 9.97 Å². The second kappa shape index (κ2) is 11.8. The minimum Gasteiger partial charge on any atom is -0.303 e. The number of aromatic nitrogens is 2. The Morgan fingerprint density at radius 2 is 1.81 bits per heavy atom. The summed E-state index contributed by atoms with van der Waals surface area (Å²) < 4.78 is 12.3. The first-order valence-electron chi connectivity index (χ1n) is 11.6. The Bertz CT molecular complexity index is 827. The highest BCUT2D eigenvalue weighted by atomic mass is 19.1. The lowest BCUT2D eigenvalue weighted by Gasteiger charge is -2.31. The first-order chi connectivity index (χ1) is 15.1. The van der Waals surface area contributed by atoms with E-state index in [9.17, 15) is 14.0 Å². The fourth-order valence-corrected chi connectivity index (χ4v) is 4.59. The fourth-order valence-electron chi connectivity index (χ4n) is 4.59. The number of nitrogens with zero attached hydrogens (tertiary/aromatic N) is 2. The van der Waals surface area contributed by atoms with Crippen LogP contribution in [0.4, 0.5) is 4.39 Å². The first-order valence-corrected chi connectivity index (χ1v) is 11.6. The zero-order valence-electron chi connectivity index (χ0n) is 18.4. The van der Waals surface area contributed by atoms with Crippen LogP contribution in [0.15, 0.2) is 36.7 Å². The summed E-state index contributed by atoms with van der Waals surface area (Å²) in [6.45, 7) is 1.62. The van der Waals surface area contributed by atoms with E-state index in [1.54, 1.807) is 12.4 Å². The number of carbonyl (C=O) groups is 2. The van der Waals surface area contributed by atoms with E-state index in [1.807, 2.05) is 31.2 Å². The number of rotatable bonds is 11. The molecule has 0 spiro atoms. The lowest BCUT2D eigenvalue weighted by molar-refractivity contribution is -0.119. The number of aldehydes is 1. The number of ketones is 1. The van der Waals surface area contributed by atoms with Gasteiger partial charge in [0.15, 0.2) is 5.82 Å². The van der Waals surface area contributed by atoms with Gasteiger partial charge in [0.25, 0.3) is 0 Å². The van der Waals surface area contributed by atoms with Crippen LogP contribution in [0.5, 0.6) is 0 Å². The molecule has 0 saturated heterocycles. The van der Waals surface area contributed by atoms with Crippen LogP contribution in [0.2, 0.25) is 0 Å². The first kappa shape index (κ1) is 23.2. The topological polar surface area (TPSA) is 59.9 Å². The number of hydrogen-bond acceptors (Lipinski definition) is 4. The molecule has 2 aromatic rings. The van der Waals surface area contributed by atoms with Crippen molar-refractivity contribution in [3.63, 3.8) is 0 Å². The Morgan fingerprint density at radius 1 is 1.13 bits per heavy atom. The average Bonchev–Trinajstić information content (AvgIpc) is 2.83. The quantitative estimate of drug-likeness (QED) is 0.422. The molecule has 166 valence electrons. The number of halogens is 1. The van der Waals surface area contributed by atoms with Crippen molar-refractivity contribution in [2.45, 2.75) is 70.6 Å². The summed E-state index contributed by atoms with van der Waals surface area (Å²) in [7, 11) is 0. The van der Waals surface area contributed by atoms with Crippen LogP contribution in [0, 0.1) is 11.8 Å². The largest absolute Gasteiger partial charge is 0.303 e.